The SMILES string of the molecule is CN(CCNC(=O)c1c(F)ccc(N)c1F)C1CC1. The van der Waals surface area contributed by atoms with Crippen LogP contribution in [0.2, 0.25) is 0 Å². The fourth-order valence-electron chi connectivity index (χ4n) is 1.91. The first-order chi connectivity index (χ1) is 9.00. The van der Waals surface area contributed by atoms with Crippen LogP contribution in [0.15, 0.2) is 12.1 Å². The molecule has 0 unspecified atom stereocenters. The average molecular weight is 269 g/mol. The monoisotopic (exact) mass is 269 g/mol. The first-order valence-electron chi connectivity index (χ1n) is 6.22. The number of nitrogens with two attached hydrogens (primary N) is 1. The summed E-state index contributed by atoms with van der Waals surface area (Å²) in [5, 5.41) is 2.51. The number of halogens is 2. The van der Waals surface area contributed by atoms with Crippen molar-refractivity contribution in [3.8, 4) is 0 Å². The lowest BCUT2D eigenvalue weighted by Gasteiger charge is -2.16. The van der Waals surface area contributed by atoms with Crippen molar-refractivity contribution < 1.29 is 13.6 Å². The van der Waals surface area contributed by atoms with Crippen LogP contribution in [0.4, 0.5) is 14.5 Å². The number of carbonyl (C=O) groups excluding carboxylic acids is 1. The molecule has 0 heterocycles. The van der Waals surface area contributed by atoms with Crippen LogP contribution >= 0.6 is 0 Å². The summed E-state index contributed by atoms with van der Waals surface area (Å²) < 4.78 is 27.0. The largest absolute Gasteiger partial charge is 0.396 e. The molecule has 3 N–H and O–H groups in total. The van der Waals surface area contributed by atoms with Crippen molar-refractivity contribution in [2.24, 2.45) is 0 Å². The molecule has 6 heteroatoms. The second-order valence-electron chi connectivity index (χ2n) is 4.79. The number of rotatable bonds is 5. The predicted octanol–water partition coefficient (Wildman–Crippen LogP) is 1.37. The third-order valence-electron chi connectivity index (χ3n) is 3.27. The number of nitrogens with one attached hydrogen (secondary N) is 1. The number of nitrogens with zero attached hydrogens (tertiary/aromatic N) is 1. The van der Waals surface area contributed by atoms with Gasteiger partial charge in [0.15, 0.2) is 5.82 Å². The maximum atomic E-state index is 13.6. The van der Waals surface area contributed by atoms with Crippen molar-refractivity contribution in [2.75, 3.05) is 25.9 Å². The van der Waals surface area contributed by atoms with Crippen LogP contribution in [0.1, 0.15) is 23.2 Å². The smallest absolute Gasteiger partial charge is 0.257 e. The number of carbonyl (C=O) groups is 1. The molecular weight excluding hydrogens is 252 g/mol. The van der Waals surface area contributed by atoms with Crippen molar-refractivity contribution in [1.29, 1.82) is 0 Å². The highest BCUT2D eigenvalue weighted by Gasteiger charge is 2.26. The Kier molecular flexibility index (Phi) is 3.99. The van der Waals surface area contributed by atoms with Crippen LogP contribution in [0.25, 0.3) is 0 Å². The first-order valence-corrected chi connectivity index (χ1v) is 6.22. The van der Waals surface area contributed by atoms with Crippen molar-refractivity contribution >= 4 is 11.6 Å². The molecule has 1 aromatic rings. The van der Waals surface area contributed by atoms with Crippen LogP contribution in [-0.2, 0) is 0 Å². The van der Waals surface area contributed by atoms with Crippen molar-refractivity contribution in [3.05, 3.63) is 29.3 Å². The maximum Gasteiger partial charge on any atom is 0.257 e. The zero-order valence-corrected chi connectivity index (χ0v) is 10.7. The second kappa shape index (κ2) is 5.52. The van der Waals surface area contributed by atoms with Crippen molar-refractivity contribution in [3.63, 3.8) is 0 Å². The van der Waals surface area contributed by atoms with E-state index in [0.717, 1.165) is 12.1 Å². The Bertz CT molecular complexity index is 489. The summed E-state index contributed by atoms with van der Waals surface area (Å²) in [6.45, 7) is 1.00. The first kappa shape index (κ1) is 13.7. The lowest BCUT2D eigenvalue weighted by molar-refractivity contribution is 0.0941. The topological polar surface area (TPSA) is 58.4 Å². The van der Waals surface area contributed by atoms with E-state index in [1.54, 1.807) is 0 Å². The number of nitrogen functional groups attached to an aromatic ring is 1. The summed E-state index contributed by atoms with van der Waals surface area (Å²) in [7, 11) is 1.96. The fraction of sp³-hybridized carbons (Fsp3) is 0.462. The zero-order valence-electron chi connectivity index (χ0n) is 10.7. The van der Waals surface area contributed by atoms with Crippen molar-refractivity contribution in [1.82, 2.24) is 10.2 Å². The van der Waals surface area contributed by atoms with Crippen molar-refractivity contribution in [2.45, 2.75) is 18.9 Å². The van der Waals surface area contributed by atoms with Gasteiger partial charge in [-0.05, 0) is 32.0 Å². The standard InChI is InChI=1S/C13H17F2N3O/c1-18(8-2-3-8)7-6-17-13(19)11-9(14)4-5-10(16)12(11)15/h4-5,8H,2-3,6-7,16H2,1H3,(H,17,19). The van der Waals surface area contributed by atoms with E-state index in [2.05, 4.69) is 10.2 Å². The highest BCUT2D eigenvalue weighted by Crippen LogP contribution is 2.24. The minimum absolute atomic E-state index is 0.235. The fourth-order valence-corrected chi connectivity index (χ4v) is 1.91. The molecule has 0 aliphatic heterocycles. The van der Waals surface area contributed by atoms with Gasteiger partial charge in [0.05, 0.1) is 5.69 Å². The Balaban J connectivity index is 1.94. The van der Waals surface area contributed by atoms with Gasteiger partial charge in [-0.25, -0.2) is 8.78 Å². The lowest BCUT2D eigenvalue weighted by Crippen LogP contribution is -2.34. The highest BCUT2D eigenvalue weighted by atomic mass is 19.1. The molecule has 2 rings (SSSR count). The Hall–Kier alpha value is -1.69. The quantitative estimate of drug-likeness (QED) is 0.794. The number of hydrogen-bond donors (Lipinski definition) is 2. The molecule has 1 aliphatic carbocycles. The molecule has 0 radical (unpaired) electrons. The normalized spacial score (nSPS) is 14.7. The molecule has 1 fully saturated rings. The van der Waals surface area contributed by atoms with Gasteiger partial charge in [-0.3, -0.25) is 4.79 Å². The summed E-state index contributed by atoms with van der Waals surface area (Å²) in [5.74, 6) is -2.68. The molecule has 1 saturated carbocycles. The van der Waals surface area contributed by atoms with Gasteiger partial charge >= 0.3 is 0 Å². The van der Waals surface area contributed by atoms with E-state index in [4.69, 9.17) is 5.73 Å². The molecule has 1 aromatic carbocycles. The van der Waals surface area contributed by atoms with Crippen LogP contribution in [0.3, 0.4) is 0 Å². The molecule has 0 atom stereocenters. The summed E-state index contributed by atoms with van der Waals surface area (Å²) in [6.07, 6.45) is 2.34. The van der Waals surface area contributed by atoms with Gasteiger partial charge < -0.3 is 16.0 Å². The van der Waals surface area contributed by atoms with Gasteiger partial charge in [-0.1, -0.05) is 0 Å². The predicted molar refractivity (Wildman–Crippen MR) is 68.8 cm³/mol. The van der Waals surface area contributed by atoms with Crippen LogP contribution in [0, 0.1) is 11.6 Å². The van der Waals surface area contributed by atoms with Gasteiger partial charge in [-0.2, -0.15) is 0 Å². The lowest BCUT2D eigenvalue weighted by atomic mass is 10.1. The minimum atomic E-state index is -1.01. The Morgan fingerprint density at radius 3 is 2.79 bits per heavy atom. The molecule has 1 aliphatic rings. The molecule has 104 valence electrons. The summed E-state index contributed by atoms with van der Waals surface area (Å²) in [5.41, 5.74) is 4.47. The number of benzene rings is 1. The van der Waals surface area contributed by atoms with Gasteiger partial charge in [0, 0.05) is 19.1 Å². The van der Waals surface area contributed by atoms with Gasteiger partial charge in [-0.15, -0.1) is 0 Å². The molecule has 4 nitrogen and oxygen atoms in total. The molecule has 0 saturated heterocycles. The maximum absolute atomic E-state index is 13.6. The molecule has 0 aromatic heterocycles. The van der Waals surface area contributed by atoms with E-state index in [1.165, 1.54) is 12.8 Å². The molecule has 0 bridgehead atoms. The van der Waals surface area contributed by atoms with Gasteiger partial charge in [0.25, 0.3) is 5.91 Å². The molecule has 19 heavy (non-hydrogen) atoms. The number of anilines is 1. The van der Waals surface area contributed by atoms with E-state index in [0.29, 0.717) is 19.1 Å². The Morgan fingerprint density at radius 1 is 1.47 bits per heavy atom. The average Bonchev–Trinajstić information content (AvgIpc) is 3.18. The Labute approximate surface area is 110 Å². The molecule has 1 amide bonds. The minimum Gasteiger partial charge on any atom is -0.396 e. The second-order valence-corrected chi connectivity index (χ2v) is 4.79. The number of hydrogen-bond acceptors (Lipinski definition) is 3. The summed E-state index contributed by atoms with van der Waals surface area (Å²) in [6, 6.07) is 2.67. The molecular formula is C13H17F2N3O. The van der Waals surface area contributed by atoms with E-state index in [9.17, 15) is 13.6 Å². The summed E-state index contributed by atoms with van der Waals surface area (Å²) in [4.78, 5) is 13.9. The Morgan fingerprint density at radius 2 is 2.16 bits per heavy atom. The van der Waals surface area contributed by atoms with E-state index >= 15 is 0 Å². The van der Waals surface area contributed by atoms with Gasteiger partial charge in [0.2, 0.25) is 0 Å². The molecule has 0 spiro atoms. The van der Waals surface area contributed by atoms with Crippen LogP contribution in [0.5, 0.6) is 0 Å². The number of amides is 1. The van der Waals surface area contributed by atoms with E-state index < -0.39 is 23.1 Å². The van der Waals surface area contributed by atoms with Crippen LogP contribution in [-0.4, -0.2) is 37.0 Å². The summed E-state index contributed by atoms with van der Waals surface area (Å²) >= 11 is 0. The van der Waals surface area contributed by atoms with Crippen LogP contribution < -0.4 is 11.1 Å². The van der Waals surface area contributed by atoms with Gasteiger partial charge in [0.1, 0.15) is 11.4 Å². The third-order valence-corrected chi connectivity index (χ3v) is 3.27. The number of likely N-dealkylation sites (N-methyl/N-ethyl adjacent to an activating group) is 1. The van der Waals surface area contributed by atoms with E-state index in [-0.39, 0.29) is 5.69 Å². The highest BCUT2D eigenvalue weighted by molar-refractivity contribution is 5.95. The zero-order chi connectivity index (χ0) is 14.0. The third kappa shape index (κ3) is 3.20. The van der Waals surface area contributed by atoms with E-state index in [1.807, 2.05) is 7.05 Å².